The second-order valence-electron chi connectivity index (χ2n) is 5.40. The van der Waals surface area contributed by atoms with Gasteiger partial charge in [-0.05, 0) is 42.0 Å². The fraction of sp³-hybridized carbons (Fsp3) is 0.150. The minimum atomic E-state index is -0.262. The number of carbonyl (C=O) groups excluding carboxylic acids is 1. The normalized spacial score (nSPS) is 10.3. The van der Waals surface area contributed by atoms with E-state index in [0.29, 0.717) is 12.3 Å². The lowest BCUT2D eigenvalue weighted by atomic mass is 10.2. The average Bonchev–Trinajstić information content (AvgIpc) is 3.15. The molecule has 1 aromatic heterocycles. The molecule has 5 heteroatoms. The highest BCUT2D eigenvalue weighted by Crippen LogP contribution is 2.14. The van der Waals surface area contributed by atoms with Crippen molar-refractivity contribution in [2.24, 2.45) is 0 Å². The first-order valence-corrected chi connectivity index (χ1v) is 7.92. The topological polar surface area (TPSA) is 60.7 Å². The summed E-state index contributed by atoms with van der Waals surface area (Å²) in [6, 6.07) is 20.4. The monoisotopic (exact) mass is 337 g/mol. The predicted octanol–water partition coefficient (Wildman–Crippen LogP) is 3.80. The van der Waals surface area contributed by atoms with E-state index in [1.807, 2.05) is 54.6 Å². The van der Waals surface area contributed by atoms with Crippen LogP contribution in [0.2, 0.25) is 0 Å². The number of furan rings is 1. The molecule has 0 unspecified atom stereocenters. The van der Waals surface area contributed by atoms with Crippen molar-refractivity contribution in [2.45, 2.75) is 13.2 Å². The molecule has 0 saturated carbocycles. The van der Waals surface area contributed by atoms with Crippen LogP contribution in [0, 0.1) is 0 Å². The quantitative estimate of drug-likeness (QED) is 0.712. The van der Waals surface area contributed by atoms with E-state index in [2.05, 4.69) is 5.32 Å². The van der Waals surface area contributed by atoms with Crippen molar-refractivity contribution in [2.75, 3.05) is 7.11 Å². The van der Waals surface area contributed by atoms with Crippen molar-refractivity contribution >= 4 is 5.91 Å². The fourth-order valence-corrected chi connectivity index (χ4v) is 2.26. The Morgan fingerprint density at radius 2 is 1.72 bits per heavy atom. The van der Waals surface area contributed by atoms with Gasteiger partial charge in [0.1, 0.15) is 23.9 Å². The molecule has 1 N–H and O–H groups in total. The fourth-order valence-electron chi connectivity index (χ4n) is 2.26. The van der Waals surface area contributed by atoms with Crippen molar-refractivity contribution < 1.29 is 18.7 Å². The van der Waals surface area contributed by atoms with Crippen molar-refractivity contribution in [3.8, 4) is 11.5 Å². The Morgan fingerprint density at radius 3 is 2.44 bits per heavy atom. The second kappa shape index (κ2) is 8.06. The first-order chi connectivity index (χ1) is 12.2. The summed E-state index contributed by atoms with van der Waals surface area (Å²) < 4.78 is 16.2. The van der Waals surface area contributed by atoms with Gasteiger partial charge < -0.3 is 19.2 Å². The lowest BCUT2D eigenvalue weighted by Gasteiger charge is -2.05. The highest BCUT2D eigenvalue weighted by atomic mass is 16.5. The molecule has 5 nitrogen and oxygen atoms in total. The molecule has 0 spiro atoms. The largest absolute Gasteiger partial charge is 0.497 e. The van der Waals surface area contributed by atoms with E-state index in [9.17, 15) is 4.79 Å². The summed E-state index contributed by atoms with van der Waals surface area (Å²) >= 11 is 0. The third-order valence-corrected chi connectivity index (χ3v) is 3.62. The number of amides is 1. The molecule has 1 amide bonds. The first-order valence-electron chi connectivity index (χ1n) is 7.92. The van der Waals surface area contributed by atoms with Crippen LogP contribution in [0.1, 0.15) is 21.9 Å². The van der Waals surface area contributed by atoms with E-state index in [1.165, 1.54) is 0 Å². The molecule has 0 saturated heterocycles. The summed E-state index contributed by atoms with van der Waals surface area (Å²) in [4.78, 5) is 12.2. The summed E-state index contributed by atoms with van der Waals surface area (Å²) in [7, 11) is 1.62. The van der Waals surface area contributed by atoms with Crippen LogP contribution in [0.5, 0.6) is 11.5 Å². The second-order valence-corrected chi connectivity index (χ2v) is 5.40. The zero-order valence-electron chi connectivity index (χ0n) is 13.9. The van der Waals surface area contributed by atoms with E-state index >= 15 is 0 Å². The summed E-state index contributed by atoms with van der Waals surface area (Å²) in [5, 5.41) is 2.83. The Kier molecular flexibility index (Phi) is 5.36. The maximum absolute atomic E-state index is 12.2. The maximum atomic E-state index is 12.2. The Hall–Kier alpha value is -3.21. The molecule has 3 aromatic rings. The van der Waals surface area contributed by atoms with Gasteiger partial charge in [-0.25, -0.2) is 0 Å². The van der Waals surface area contributed by atoms with Crippen molar-refractivity contribution in [1.29, 1.82) is 0 Å². The standard InChI is InChI=1S/C20H19NO4/c1-23-16-9-7-15(8-10-16)13-21-20(22)19-12-11-18(25-19)14-24-17-5-3-2-4-6-17/h2-12H,13-14H2,1H3,(H,21,22). The third-order valence-electron chi connectivity index (χ3n) is 3.62. The lowest BCUT2D eigenvalue weighted by molar-refractivity contribution is 0.0919. The lowest BCUT2D eigenvalue weighted by Crippen LogP contribution is -2.22. The van der Waals surface area contributed by atoms with Crippen LogP contribution >= 0.6 is 0 Å². The highest BCUT2D eigenvalue weighted by molar-refractivity contribution is 5.91. The highest BCUT2D eigenvalue weighted by Gasteiger charge is 2.11. The van der Waals surface area contributed by atoms with Gasteiger partial charge in [0.2, 0.25) is 0 Å². The van der Waals surface area contributed by atoms with Gasteiger partial charge in [0.15, 0.2) is 5.76 Å². The molecule has 0 aliphatic rings. The van der Waals surface area contributed by atoms with Crippen LogP contribution in [-0.4, -0.2) is 13.0 Å². The first kappa shape index (κ1) is 16.6. The Labute approximate surface area is 146 Å². The van der Waals surface area contributed by atoms with E-state index in [-0.39, 0.29) is 18.3 Å². The zero-order valence-corrected chi connectivity index (χ0v) is 13.9. The predicted molar refractivity (Wildman–Crippen MR) is 93.6 cm³/mol. The van der Waals surface area contributed by atoms with E-state index in [0.717, 1.165) is 17.1 Å². The smallest absolute Gasteiger partial charge is 0.287 e. The third kappa shape index (κ3) is 4.64. The molecule has 1 heterocycles. The van der Waals surface area contributed by atoms with Crippen LogP contribution < -0.4 is 14.8 Å². The van der Waals surface area contributed by atoms with Gasteiger partial charge in [-0.1, -0.05) is 30.3 Å². The molecule has 0 aliphatic heterocycles. The Balaban J connectivity index is 1.51. The molecule has 3 rings (SSSR count). The molecule has 0 aliphatic carbocycles. The number of ether oxygens (including phenoxy) is 2. The van der Waals surface area contributed by atoms with Crippen LogP contribution in [0.4, 0.5) is 0 Å². The minimum absolute atomic E-state index is 0.262. The van der Waals surface area contributed by atoms with Crippen molar-refractivity contribution in [1.82, 2.24) is 5.32 Å². The van der Waals surface area contributed by atoms with Gasteiger partial charge in [-0.15, -0.1) is 0 Å². The number of rotatable bonds is 7. The summed E-state index contributed by atoms with van der Waals surface area (Å²) in [5.41, 5.74) is 0.980. The number of benzene rings is 2. The number of hydrogen-bond acceptors (Lipinski definition) is 4. The van der Waals surface area contributed by atoms with E-state index in [1.54, 1.807) is 19.2 Å². The summed E-state index contributed by atoms with van der Waals surface area (Å²) in [5.74, 6) is 2.13. The van der Waals surface area contributed by atoms with Gasteiger partial charge in [0.05, 0.1) is 7.11 Å². The molecular weight excluding hydrogens is 318 g/mol. The van der Waals surface area contributed by atoms with Crippen LogP contribution in [0.3, 0.4) is 0 Å². The summed E-state index contributed by atoms with van der Waals surface area (Å²) in [6.45, 7) is 0.690. The number of para-hydroxylation sites is 1. The molecule has 25 heavy (non-hydrogen) atoms. The van der Waals surface area contributed by atoms with E-state index in [4.69, 9.17) is 13.9 Å². The molecule has 0 fully saturated rings. The van der Waals surface area contributed by atoms with Gasteiger partial charge in [-0.2, -0.15) is 0 Å². The summed E-state index contributed by atoms with van der Waals surface area (Å²) in [6.07, 6.45) is 0. The molecular formula is C20H19NO4. The van der Waals surface area contributed by atoms with Gasteiger partial charge in [0.25, 0.3) is 5.91 Å². The minimum Gasteiger partial charge on any atom is -0.497 e. The van der Waals surface area contributed by atoms with Gasteiger partial charge >= 0.3 is 0 Å². The maximum Gasteiger partial charge on any atom is 0.287 e. The van der Waals surface area contributed by atoms with Crippen molar-refractivity contribution in [3.63, 3.8) is 0 Å². The molecule has 0 radical (unpaired) electrons. The molecule has 0 bridgehead atoms. The molecule has 0 atom stereocenters. The van der Waals surface area contributed by atoms with Gasteiger partial charge in [-0.3, -0.25) is 4.79 Å². The molecule has 2 aromatic carbocycles. The van der Waals surface area contributed by atoms with E-state index < -0.39 is 0 Å². The van der Waals surface area contributed by atoms with Crippen LogP contribution in [0.25, 0.3) is 0 Å². The zero-order chi connectivity index (χ0) is 17.5. The van der Waals surface area contributed by atoms with Crippen LogP contribution in [0.15, 0.2) is 71.1 Å². The average molecular weight is 337 g/mol. The van der Waals surface area contributed by atoms with Crippen LogP contribution in [-0.2, 0) is 13.2 Å². The van der Waals surface area contributed by atoms with Crippen molar-refractivity contribution in [3.05, 3.63) is 83.8 Å². The molecule has 128 valence electrons. The Bertz CT molecular complexity index is 809. The number of methoxy groups -OCH3 is 1. The van der Waals surface area contributed by atoms with Gasteiger partial charge in [0, 0.05) is 6.54 Å². The number of nitrogens with one attached hydrogen (secondary N) is 1. The Morgan fingerprint density at radius 1 is 0.960 bits per heavy atom. The number of hydrogen-bond donors (Lipinski definition) is 1. The number of carbonyl (C=O) groups is 1. The SMILES string of the molecule is COc1ccc(CNC(=O)c2ccc(COc3ccccc3)o2)cc1.